The lowest BCUT2D eigenvalue weighted by Crippen LogP contribution is -2.42. The summed E-state index contributed by atoms with van der Waals surface area (Å²) in [5.41, 5.74) is 0. The molecule has 0 bridgehead atoms. The molecule has 98 valence electrons. The van der Waals surface area contributed by atoms with Gasteiger partial charge in [-0.15, -0.1) is 0 Å². The van der Waals surface area contributed by atoms with Crippen LogP contribution in [0.1, 0.15) is 26.7 Å². The number of rotatable bonds is 4. The van der Waals surface area contributed by atoms with Crippen LogP contribution in [-0.4, -0.2) is 41.6 Å². The number of carbonyl (C=O) groups is 3. The third kappa shape index (κ3) is 3.45. The summed E-state index contributed by atoms with van der Waals surface area (Å²) in [5.74, 6) is -1.43. The van der Waals surface area contributed by atoms with Crippen LogP contribution < -0.4 is 0 Å². The van der Waals surface area contributed by atoms with Crippen molar-refractivity contribution in [2.75, 3.05) is 6.54 Å². The van der Waals surface area contributed by atoms with Crippen molar-refractivity contribution >= 4 is 17.8 Å². The Kier molecular flexibility index (Phi) is 4.66. The molecule has 1 unspecified atom stereocenters. The van der Waals surface area contributed by atoms with Gasteiger partial charge < -0.3 is 14.4 Å². The first-order valence-corrected chi connectivity index (χ1v) is 5.46. The summed E-state index contributed by atoms with van der Waals surface area (Å²) in [6, 6.07) is 1.90. The number of hydrogen-bond donors (Lipinski definition) is 0. The van der Waals surface area contributed by atoms with Crippen molar-refractivity contribution in [3.05, 3.63) is 0 Å². The van der Waals surface area contributed by atoms with Gasteiger partial charge in [0, 0.05) is 20.4 Å². The second kappa shape index (κ2) is 6.00. The maximum Gasteiger partial charge on any atom is 0.304 e. The molecular formula is C11H14N2O5. The van der Waals surface area contributed by atoms with Gasteiger partial charge in [0.2, 0.25) is 12.1 Å². The molecule has 0 spiro atoms. The van der Waals surface area contributed by atoms with Crippen molar-refractivity contribution in [1.29, 1.82) is 5.26 Å². The molecular weight excluding hydrogens is 240 g/mol. The van der Waals surface area contributed by atoms with Gasteiger partial charge in [-0.25, -0.2) is 0 Å². The minimum atomic E-state index is -0.938. The van der Waals surface area contributed by atoms with Crippen LogP contribution in [0.15, 0.2) is 0 Å². The highest BCUT2D eigenvalue weighted by molar-refractivity contribution is 5.81. The average molecular weight is 254 g/mol. The molecule has 1 fully saturated rings. The molecule has 1 amide bonds. The Hall–Kier alpha value is -2.10. The van der Waals surface area contributed by atoms with Crippen molar-refractivity contribution in [3.8, 4) is 6.07 Å². The molecule has 7 nitrogen and oxygen atoms in total. The number of amides is 1. The molecule has 0 N–H and O–H groups in total. The van der Waals surface area contributed by atoms with Crippen LogP contribution in [-0.2, 0) is 23.9 Å². The van der Waals surface area contributed by atoms with Crippen LogP contribution in [0.25, 0.3) is 0 Å². The first kappa shape index (κ1) is 14.0. The average Bonchev–Trinajstić information content (AvgIpc) is 2.51. The summed E-state index contributed by atoms with van der Waals surface area (Å²) in [4.78, 5) is 34.9. The molecule has 1 aliphatic rings. The lowest BCUT2D eigenvalue weighted by Gasteiger charge is -2.26. The first-order chi connectivity index (χ1) is 8.45. The Morgan fingerprint density at radius 2 is 2.00 bits per heavy atom. The highest BCUT2D eigenvalue weighted by Crippen LogP contribution is 2.24. The third-order valence-electron chi connectivity index (χ3n) is 2.39. The largest absolute Gasteiger partial charge is 0.456 e. The highest BCUT2D eigenvalue weighted by atomic mass is 16.6. The minimum Gasteiger partial charge on any atom is -0.456 e. The molecule has 0 aromatic carbocycles. The van der Waals surface area contributed by atoms with E-state index in [1.807, 2.05) is 6.07 Å². The highest BCUT2D eigenvalue weighted by Gasteiger charge is 2.43. The molecule has 0 aromatic rings. The lowest BCUT2D eigenvalue weighted by atomic mass is 10.3. The van der Waals surface area contributed by atoms with E-state index in [2.05, 4.69) is 0 Å². The molecule has 2 atom stereocenters. The zero-order valence-corrected chi connectivity index (χ0v) is 10.2. The van der Waals surface area contributed by atoms with E-state index in [1.54, 1.807) is 0 Å². The van der Waals surface area contributed by atoms with Gasteiger partial charge in [-0.2, -0.15) is 5.26 Å². The number of nitriles is 1. The van der Waals surface area contributed by atoms with Gasteiger partial charge >= 0.3 is 11.9 Å². The van der Waals surface area contributed by atoms with Gasteiger partial charge in [-0.1, -0.05) is 0 Å². The summed E-state index contributed by atoms with van der Waals surface area (Å²) in [7, 11) is 0. The lowest BCUT2D eigenvalue weighted by molar-refractivity contribution is -0.173. The topological polar surface area (TPSA) is 96.7 Å². The molecule has 1 heterocycles. The number of esters is 2. The summed E-state index contributed by atoms with van der Waals surface area (Å²) >= 11 is 0. The smallest absolute Gasteiger partial charge is 0.304 e. The van der Waals surface area contributed by atoms with E-state index in [4.69, 9.17) is 14.7 Å². The Bertz CT molecular complexity index is 401. The normalized spacial score (nSPS) is 22.5. The van der Waals surface area contributed by atoms with Crippen molar-refractivity contribution in [3.63, 3.8) is 0 Å². The van der Waals surface area contributed by atoms with Crippen LogP contribution in [0.3, 0.4) is 0 Å². The molecule has 0 aliphatic carbocycles. The Morgan fingerprint density at radius 1 is 1.39 bits per heavy atom. The Morgan fingerprint density at radius 3 is 2.50 bits per heavy atom. The van der Waals surface area contributed by atoms with E-state index in [0.29, 0.717) is 0 Å². The van der Waals surface area contributed by atoms with Crippen LogP contribution in [0.2, 0.25) is 0 Å². The van der Waals surface area contributed by atoms with E-state index >= 15 is 0 Å². The second-order valence-corrected chi connectivity index (χ2v) is 3.85. The van der Waals surface area contributed by atoms with E-state index in [9.17, 15) is 14.4 Å². The summed E-state index contributed by atoms with van der Waals surface area (Å²) in [5, 5.41) is 8.51. The van der Waals surface area contributed by atoms with Gasteiger partial charge in [0.1, 0.15) is 0 Å². The number of hydrogen-bond acceptors (Lipinski definition) is 6. The van der Waals surface area contributed by atoms with Crippen molar-refractivity contribution < 1.29 is 23.9 Å². The second-order valence-electron chi connectivity index (χ2n) is 3.85. The monoisotopic (exact) mass is 254 g/mol. The van der Waals surface area contributed by atoms with E-state index in [0.717, 1.165) is 0 Å². The maximum absolute atomic E-state index is 11.7. The quantitative estimate of drug-likeness (QED) is 0.653. The number of likely N-dealkylation sites (tertiary alicyclic amines) is 1. The Balaban J connectivity index is 2.80. The molecule has 0 saturated carbocycles. The number of carbonyl (C=O) groups excluding carboxylic acids is 3. The summed E-state index contributed by atoms with van der Waals surface area (Å²) in [6.07, 6.45) is -1.66. The SMILES string of the molecule is CC(=O)OC1[C@@H](OC(C)=O)CC(=O)N1CCC#N. The van der Waals surface area contributed by atoms with E-state index in [-0.39, 0.29) is 25.3 Å². The fourth-order valence-corrected chi connectivity index (χ4v) is 1.78. The van der Waals surface area contributed by atoms with Crippen LogP contribution >= 0.6 is 0 Å². The molecule has 1 rings (SSSR count). The maximum atomic E-state index is 11.7. The zero-order chi connectivity index (χ0) is 13.7. The van der Waals surface area contributed by atoms with Crippen molar-refractivity contribution in [2.45, 2.75) is 39.0 Å². The third-order valence-corrected chi connectivity index (χ3v) is 2.39. The van der Waals surface area contributed by atoms with Gasteiger partial charge in [0.25, 0.3) is 0 Å². The fraction of sp³-hybridized carbons (Fsp3) is 0.636. The van der Waals surface area contributed by atoms with E-state index in [1.165, 1.54) is 18.7 Å². The summed E-state index contributed by atoms with van der Waals surface area (Å²) < 4.78 is 9.93. The predicted octanol–water partition coefficient (Wildman–Crippen LogP) is -0.0467. The zero-order valence-electron chi connectivity index (χ0n) is 10.2. The van der Waals surface area contributed by atoms with Crippen LogP contribution in [0.5, 0.6) is 0 Å². The van der Waals surface area contributed by atoms with Gasteiger partial charge in [-0.3, -0.25) is 14.4 Å². The summed E-state index contributed by atoms with van der Waals surface area (Å²) in [6.45, 7) is 2.56. The molecule has 18 heavy (non-hydrogen) atoms. The minimum absolute atomic E-state index is 0.0387. The number of ether oxygens (including phenoxy) is 2. The van der Waals surface area contributed by atoms with Gasteiger partial charge in [0.15, 0.2) is 6.10 Å². The fourth-order valence-electron chi connectivity index (χ4n) is 1.78. The Labute approximate surface area is 104 Å². The van der Waals surface area contributed by atoms with Crippen molar-refractivity contribution in [1.82, 2.24) is 4.90 Å². The van der Waals surface area contributed by atoms with Crippen LogP contribution in [0, 0.1) is 11.3 Å². The molecule has 1 saturated heterocycles. The van der Waals surface area contributed by atoms with Gasteiger partial charge in [0.05, 0.1) is 18.9 Å². The standard InChI is InChI=1S/C11H14N2O5/c1-7(14)17-9-6-10(16)13(5-3-4-12)11(9)18-8(2)15/h9,11H,3,5-6H2,1-2H3/t9-,11?/m0/s1. The number of nitrogens with zero attached hydrogens (tertiary/aromatic N) is 2. The molecule has 7 heteroatoms. The molecule has 0 radical (unpaired) electrons. The van der Waals surface area contributed by atoms with Gasteiger partial charge in [-0.05, 0) is 0 Å². The van der Waals surface area contributed by atoms with E-state index < -0.39 is 24.3 Å². The molecule has 1 aliphatic heterocycles. The predicted molar refractivity (Wildman–Crippen MR) is 57.7 cm³/mol. The van der Waals surface area contributed by atoms with Crippen molar-refractivity contribution in [2.24, 2.45) is 0 Å². The first-order valence-electron chi connectivity index (χ1n) is 5.46. The molecule has 0 aromatic heterocycles. The van der Waals surface area contributed by atoms with Crippen LogP contribution in [0.4, 0.5) is 0 Å².